The molecule has 0 N–H and O–H groups in total. The Bertz CT molecular complexity index is 1180. The average molecular weight is 509 g/mol. The minimum Gasteiger partial charge on any atom is -0.491 e. The monoisotopic (exact) mass is 508 g/mol. The highest BCUT2D eigenvalue weighted by Gasteiger charge is 2.34. The highest BCUT2D eigenvalue weighted by Crippen LogP contribution is 2.34. The minimum absolute atomic E-state index is 0.0720. The van der Waals surface area contributed by atoms with E-state index in [-0.39, 0.29) is 30.5 Å². The van der Waals surface area contributed by atoms with Crippen molar-refractivity contribution >= 4 is 23.2 Å². The lowest BCUT2D eigenvalue weighted by atomic mass is 10.00. The van der Waals surface area contributed by atoms with Crippen LogP contribution in [-0.4, -0.2) is 60.6 Å². The van der Waals surface area contributed by atoms with Gasteiger partial charge in [0.15, 0.2) is 0 Å². The Morgan fingerprint density at radius 2 is 1.92 bits per heavy atom. The molecule has 8 heteroatoms. The summed E-state index contributed by atoms with van der Waals surface area (Å²) in [6.07, 6.45) is 2.45. The molecular formula is C28H29FN2O4S. The summed E-state index contributed by atoms with van der Waals surface area (Å²) in [6.45, 7) is 1.80. The molecule has 1 fully saturated rings. The van der Waals surface area contributed by atoms with E-state index in [4.69, 9.17) is 9.47 Å². The maximum atomic E-state index is 13.7. The van der Waals surface area contributed by atoms with Crippen molar-refractivity contribution in [3.8, 4) is 5.75 Å². The van der Waals surface area contributed by atoms with Crippen LogP contribution in [0.3, 0.4) is 0 Å². The average Bonchev–Trinajstić information content (AvgIpc) is 3.59. The summed E-state index contributed by atoms with van der Waals surface area (Å²) >= 11 is 1.70. The van der Waals surface area contributed by atoms with Crippen LogP contribution in [0.2, 0.25) is 0 Å². The lowest BCUT2D eigenvalue weighted by Gasteiger charge is -2.37. The molecule has 3 heterocycles. The Morgan fingerprint density at radius 1 is 1.11 bits per heavy atom. The zero-order chi connectivity index (χ0) is 24.9. The van der Waals surface area contributed by atoms with Gasteiger partial charge in [-0.05, 0) is 72.7 Å². The number of hydrogen-bond acceptors (Lipinski definition) is 5. The van der Waals surface area contributed by atoms with Crippen molar-refractivity contribution in [2.45, 2.75) is 31.4 Å². The number of thiophene rings is 1. The largest absolute Gasteiger partial charge is 0.491 e. The van der Waals surface area contributed by atoms with Gasteiger partial charge in [-0.2, -0.15) is 0 Å². The zero-order valence-electron chi connectivity index (χ0n) is 20.0. The number of amides is 2. The maximum absolute atomic E-state index is 13.7. The first-order valence-corrected chi connectivity index (χ1v) is 13.2. The van der Waals surface area contributed by atoms with Crippen LogP contribution in [0.15, 0.2) is 66.0 Å². The molecule has 188 valence electrons. The Kier molecular flexibility index (Phi) is 7.63. The van der Waals surface area contributed by atoms with Crippen molar-refractivity contribution in [3.05, 3.63) is 87.9 Å². The summed E-state index contributed by atoms with van der Waals surface area (Å²) in [5.74, 6) is -0.0978. The number of fused-ring (bicyclic) bond motifs is 1. The van der Waals surface area contributed by atoms with Gasteiger partial charge in [-0.15, -0.1) is 11.3 Å². The summed E-state index contributed by atoms with van der Waals surface area (Å²) in [5.41, 5.74) is 1.45. The molecule has 2 atom stereocenters. The van der Waals surface area contributed by atoms with Gasteiger partial charge < -0.3 is 19.3 Å². The molecule has 0 bridgehead atoms. The Morgan fingerprint density at radius 3 is 2.67 bits per heavy atom. The van der Waals surface area contributed by atoms with E-state index >= 15 is 0 Å². The van der Waals surface area contributed by atoms with E-state index in [1.807, 2.05) is 35.2 Å². The smallest absolute Gasteiger partial charge is 0.254 e. The van der Waals surface area contributed by atoms with Gasteiger partial charge in [0.1, 0.15) is 24.7 Å². The topological polar surface area (TPSA) is 59.1 Å². The van der Waals surface area contributed by atoms with E-state index in [0.717, 1.165) is 30.6 Å². The number of hydrogen-bond donors (Lipinski definition) is 0. The first-order chi connectivity index (χ1) is 17.6. The molecule has 1 saturated heterocycles. The molecule has 0 saturated carbocycles. The SMILES string of the molecule is O=C(c1ccc(F)cc1)N(CC(=O)N1CCc2sccc2[C@H]1COc1ccccc1)C[C@@H]1CCCO1. The molecule has 2 aromatic carbocycles. The minimum atomic E-state index is -0.408. The number of benzene rings is 2. The summed E-state index contributed by atoms with van der Waals surface area (Å²) in [4.78, 5) is 31.7. The normalized spacial score (nSPS) is 19.1. The third-order valence-corrected chi connectivity index (χ3v) is 7.72. The quantitative estimate of drug-likeness (QED) is 0.442. The standard InChI is InChI=1S/C28H29FN2O4S/c29-21-10-8-20(9-11-21)28(33)30(17-23-7-4-15-34-23)18-27(32)31-14-12-26-24(13-16-36-26)25(31)19-35-22-5-2-1-3-6-22/h1-3,5-6,8-11,13,16,23,25H,4,7,12,14-15,17-19H2/t23-,25+/m0/s1. The summed E-state index contributed by atoms with van der Waals surface area (Å²) in [6, 6.07) is 16.8. The van der Waals surface area contributed by atoms with Crippen LogP contribution in [0.4, 0.5) is 4.39 Å². The molecule has 2 amide bonds. The lowest BCUT2D eigenvalue weighted by Crippen LogP contribution is -2.49. The highest BCUT2D eigenvalue weighted by molar-refractivity contribution is 7.10. The van der Waals surface area contributed by atoms with Crippen molar-refractivity contribution in [1.29, 1.82) is 0 Å². The third kappa shape index (κ3) is 5.60. The number of carbonyl (C=O) groups excluding carboxylic acids is 2. The summed E-state index contributed by atoms with van der Waals surface area (Å²) < 4.78 is 25.3. The molecule has 1 aromatic heterocycles. The van der Waals surface area contributed by atoms with E-state index in [9.17, 15) is 14.0 Å². The first kappa shape index (κ1) is 24.5. The fraction of sp³-hybridized carbons (Fsp3) is 0.357. The second kappa shape index (κ2) is 11.2. The van der Waals surface area contributed by atoms with Crippen LogP contribution in [0.1, 0.15) is 39.7 Å². The molecule has 6 nitrogen and oxygen atoms in total. The van der Waals surface area contributed by atoms with Gasteiger partial charge in [-0.25, -0.2) is 4.39 Å². The second-order valence-corrected chi connectivity index (χ2v) is 10.1. The number of rotatable bonds is 8. The van der Waals surface area contributed by atoms with Crippen molar-refractivity contribution in [1.82, 2.24) is 9.80 Å². The maximum Gasteiger partial charge on any atom is 0.254 e. The van der Waals surface area contributed by atoms with Gasteiger partial charge in [-0.1, -0.05) is 18.2 Å². The number of carbonyl (C=O) groups is 2. The second-order valence-electron chi connectivity index (χ2n) is 9.10. The predicted molar refractivity (Wildman–Crippen MR) is 136 cm³/mol. The molecule has 0 radical (unpaired) electrons. The van der Waals surface area contributed by atoms with Crippen LogP contribution < -0.4 is 4.74 Å². The van der Waals surface area contributed by atoms with E-state index in [1.165, 1.54) is 29.1 Å². The lowest BCUT2D eigenvalue weighted by molar-refractivity contribution is -0.135. The number of para-hydroxylation sites is 1. The van der Waals surface area contributed by atoms with Crippen LogP contribution in [-0.2, 0) is 16.0 Å². The molecular weight excluding hydrogens is 479 g/mol. The Balaban J connectivity index is 1.35. The van der Waals surface area contributed by atoms with Crippen LogP contribution >= 0.6 is 11.3 Å². The zero-order valence-corrected chi connectivity index (χ0v) is 20.8. The molecule has 2 aliphatic rings. The number of nitrogens with zero attached hydrogens (tertiary/aromatic N) is 2. The van der Waals surface area contributed by atoms with Crippen LogP contribution in [0.5, 0.6) is 5.75 Å². The van der Waals surface area contributed by atoms with E-state index in [0.29, 0.717) is 31.9 Å². The third-order valence-electron chi connectivity index (χ3n) is 6.72. The van der Waals surface area contributed by atoms with E-state index < -0.39 is 5.82 Å². The molecule has 0 aliphatic carbocycles. The predicted octanol–water partition coefficient (Wildman–Crippen LogP) is 4.71. The summed E-state index contributed by atoms with van der Waals surface area (Å²) in [5, 5.41) is 2.05. The van der Waals surface area contributed by atoms with Gasteiger partial charge in [-0.3, -0.25) is 9.59 Å². The Hall–Kier alpha value is -3.23. The Labute approximate surface area is 214 Å². The first-order valence-electron chi connectivity index (χ1n) is 12.3. The molecule has 3 aromatic rings. The fourth-order valence-corrected chi connectivity index (χ4v) is 5.78. The van der Waals surface area contributed by atoms with Crippen molar-refractivity contribution in [2.75, 3.05) is 32.8 Å². The molecule has 36 heavy (non-hydrogen) atoms. The number of ether oxygens (including phenoxy) is 2. The molecule has 5 rings (SSSR count). The van der Waals surface area contributed by atoms with E-state index in [2.05, 4.69) is 11.4 Å². The van der Waals surface area contributed by atoms with Gasteiger partial charge in [0.2, 0.25) is 5.91 Å². The molecule has 0 unspecified atom stereocenters. The van der Waals surface area contributed by atoms with Gasteiger partial charge in [0.25, 0.3) is 5.91 Å². The van der Waals surface area contributed by atoms with Gasteiger partial charge >= 0.3 is 0 Å². The highest BCUT2D eigenvalue weighted by atomic mass is 32.1. The van der Waals surface area contributed by atoms with Crippen LogP contribution in [0, 0.1) is 5.82 Å². The molecule has 0 spiro atoms. The van der Waals surface area contributed by atoms with Crippen molar-refractivity contribution in [2.24, 2.45) is 0 Å². The van der Waals surface area contributed by atoms with Crippen LogP contribution in [0.25, 0.3) is 0 Å². The van der Waals surface area contributed by atoms with Crippen molar-refractivity contribution in [3.63, 3.8) is 0 Å². The summed E-state index contributed by atoms with van der Waals surface area (Å²) in [7, 11) is 0. The van der Waals surface area contributed by atoms with E-state index in [1.54, 1.807) is 16.2 Å². The fourth-order valence-electron chi connectivity index (χ4n) is 4.85. The molecule has 2 aliphatic heterocycles. The number of halogens is 1. The van der Waals surface area contributed by atoms with Gasteiger partial charge in [0, 0.05) is 30.1 Å². The van der Waals surface area contributed by atoms with Crippen molar-refractivity contribution < 1.29 is 23.5 Å². The van der Waals surface area contributed by atoms with Gasteiger partial charge in [0.05, 0.1) is 12.1 Å².